The molecule has 1 heterocycles. The van der Waals surface area contributed by atoms with Crippen LogP contribution in [0.1, 0.15) is 44.0 Å². The SMILES string of the molecule is COC(=O)c1cccc2cc3c(OC4CCN(C(=O)OC(C)(C)C)CC4)cccc3cc12. The molecule has 1 amide bonds. The van der Waals surface area contributed by atoms with Crippen molar-refractivity contribution < 1.29 is 23.8 Å². The highest BCUT2D eigenvalue weighted by molar-refractivity contribution is 6.09. The van der Waals surface area contributed by atoms with Crippen molar-refractivity contribution in [2.45, 2.75) is 45.3 Å². The van der Waals surface area contributed by atoms with Gasteiger partial charge in [-0.1, -0.05) is 24.3 Å². The van der Waals surface area contributed by atoms with Gasteiger partial charge in [-0.25, -0.2) is 9.59 Å². The fourth-order valence-corrected chi connectivity index (χ4v) is 4.08. The number of benzene rings is 3. The predicted octanol–water partition coefficient (Wildman–Crippen LogP) is 5.56. The lowest BCUT2D eigenvalue weighted by atomic mass is 9.99. The Hall–Kier alpha value is -3.28. The summed E-state index contributed by atoms with van der Waals surface area (Å²) in [4.78, 5) is 26.2. The van der Waals surface area contributed by atoms with Crippen LogP contribution in [-0.2, 0) is 9.47 Å². The van der Waals surface area contributed by atoms with Crippen molar-refractivity contribution in [3.63, 3.8) is 0 Å². The Kier molecular flexibility index (Phi) is 5.96. The number of nitrogens with zero attached hydrogens (tertiary/aromatic N) is 1. The molecule has 0 spiro atoms. The molecule has 4 rings (SSSR count). The predicted molar refractivity (Wildman–Crippen MR) is 124 cm³/mol. The molecule has 1 fully saturated rings. The normalized spacial score (nSPS) is 15.1. The summed E-state index contributed by atoms with van der Waals surface area (Å²) >= 11 is 0. The van der Waals surface area contributed by atoms with Crippen molar-refractivity contribution in [3.05, 3.63) is 54.1 Å². The first-order valence-electron chi connectivity index (χ1n) is 10.9. The fraction of sp³-hybridized carbons (Fsp3) is 0.385. The summed E-state index contributed by atoms with van der Waals surface area (Å²) in [5, 5.41) is 3.81. The van der Waals surface area contributed by atoms with E-state index >= 15 is 0 Å². The number of likely N-dealkylation sites (tertiary alicyclic amines) is 1. The Morgan fingerprint density at radius 1 is 0.938 bits per heavy atom. The summed E-state index contributed by atoms with van der Waals surface area (Å²) in [6.07, 6.45) is 1.25. The standard InChI is InChI=1S/C26H29NO5/c1-26(2,3)32-25(29)27-13-11-19(12-14-27)31-23-10-6-8-18-15-21-17(16-22(18)23)7-5-9-20(21)24(28)30-4/h5-10,15-16,19H,11-14H2,1-4H3. The number of hydrogen-bond donors (Lipinski definition) is 0. The molecule has 6 nitrogen and oxygen atoms in total. The molecule has 3 aromatic rings. The number of carbonyl (C=O) groups is 2. The van der Waals surface area contributed by atoms with E-state index in [-0.39, 0.29) is 18.2 Å². The second-order valence-electron chi connectivity index (χ2n) is 9.13. The molecule has 0 N–H and O–H groups in total. The van der Waals surface area contributed by atoms with E-state index < -0.39 is 5.60 Å². The number of amides is 1. The zero-order valence-corrected chi connectivity index (χ0v) is 19.0. The third kappa shape index (κ3) is 4.64. The quantitative estimate of drug-likeness (QED) is 0.398. The summed E-state index contributed by atoms with van der Waals surface area (Å²) < 4.78 is 16.8. The van der Waals surface area contributed by atoms with Gasteiger partial charge in [-0.15, -0.1) is 0 Å². The Bertz CT molecular complexity index is 1160. The summed E-state index contributed by atoms with van der Waals surface area (Å²) in [7, 11) is 1.39. The van der Waals surface area contributed by atoms with Gasteiger partial charge in [0.1, 0.15) is 17.5 Å². The van der Waals surface area contributed by atoms with E-state index in [1.807, 2.05) is 57.2 Å². The number of rotatable bonds is 3. The molecule has 3 aromatic carbocycles. The first kappa shape index (κ1) is 21.9. The van der Waals surface area contributed by atoms with Gasteiger partial charge in [-0.3, -0.25) is 0 Å². The van der Waals surface area contributed by atoms with Gasteiger partial charge in [0.05, 0.1) is 12.7 Å². The van der Waals surface area contributed by atoms with Gasteiger partial charge in [0, 0.05) is 31.3 Å². The number of carbonyl (C=O) groups excluding carboxylic acids is 2. The van der Waals surface area contributed by atoms with Gasteiger partial charge in [0.25, 0.3) is 0 Å². The lowest BCUT2D eigenvalue weighted by molar-refractivity contribution is 0.0127. The van der Waals surface area contributed by atoms with Crippen LogP contribution in [0.2, 0.25) is 0 Å². The van der Waals surface area contributed by atoms with Crippen LogP contribution in [-0.4, -0.2) is 48.9 Å². The van der Waals surface area contributed by atoms with Crippen molar-refractivity contribution >= 4 is 33.6 Å². The van der Waals surface area contributed by atoms with Crippen LogP contribution in [0.5, 0.6) is 5.75 Å². The minimum Gasteiger partial charge on any atom is -0.490 e. The minimum atomic E-state index is -0.496. The lowest BCUT2D eigenvalue weighted by Gasteiger charge is -2.33. The zero-order valence-electron chi connectivity index (χ0n) is 19.0. The summed E-state index contributed by atoms with van der Waals surface area (Å²) in [5.74, 6) is 0.461. The van der Waals surface area contributed by atoms with Crippen LogP contribution in [0.3, 0.4) is 0 Å². The fourth-order valence-electron chi connectivity index (χ4n) is 4.08. The topological polar surface area (TPSA) is 65.1 Å². The molecule has 0 atom stereocenters. The minimum absolute atomic E-state index is 0.0244. The molecule has 6 heteroatoms. The molecule has 1 saturated heterocycles. The van der Waals surface area contributed by atoms with Gasteiger partial charge < -0.3 is 19.1 Å². The Morgan fingerprint density at radius 3 is 2.22 bits per heavy atom. The molecule has 1 aliphatic rings. The van der Waals surface area contributed by atoms with E-state index in [0.29, 0.717) is 18.7 Å². The van der Waals surface area contributed by atoms with Gasteiger partial charge in [0.15, 0.2) is 0 Å². The Balaban J connectivity index is 1.54. The number of piperidine rings is 1. The van der Waals surface area contributed by atoms with Crippen LogP contribution in [0.25, 0.3) is 21.5 Å². The average molecular weight is 436 g/mol. The van der Waals surface area contributed by atoms with E-state index in [9.17, 15) is 9.59 Å². The highest BCUT2D eigenvalue weighted by atomic mass is 16.6. The number of hydrogen-bond acceptors (Lipinski definition) is 5. The van der Waals surface area contributed by atoms with Crippen molar-refractivity contribution in [1.82, 2.24) is 4.90 Å². The van der Waals surface area contributed by atoms with Gasteiger partial charge in [-0.2, -0.15) is 0 Å². The van der Waals surface area contributed by atoms with Gasteiger partial charge >= 0.3 is 12.1 Å². The largest absolute Gasteiger partial charge is 0.490 e. The summed E-state index contributed by atoms with van der Waals surface area (Å²) in [6.45, 7) is 6.84. The summed E-state index contributed by atoms with van der Waals surface area (Å²) in [6, 6.07) is 15.6. The number of ether oxygens (including phenoxy) is 3. The maximum absolute atomic E-state index is 12.3. The molecular weight excluding hydrogens is 406 g/mol. The highest BCUT2D eigenvalue weighted by Crippen LogP contribution is 2.33. The molecule has 168 valence electrons. The smallest absolute Gasteiger partial charge is 0.410 e. The van der Waals surface area contributed by atoms with E-state index in [1.54, 1.807) is 11.0 Å². The van der Waals surface area contributed by atoms with Gasteiger partial charge in [-0.05, 0) is 61.2 Å². The van der Waals surface area contributed by atoms with Gasteiger partial charge in [0.2, 0.25) is 0 Å². The average Bonchev–Trinajstić information content (AvgIpc) is 2.76. The number of esters is 1. The number of fused-ring (bicyclic) bond motifs is 2. The van der Waals surface area contributed by atoms with Crippen LogP contribution in [0.4, 0.5) is 4.79 Å². The molecule has 0 aliphatic carbocycles. The van der Waals surface area contributed by atoms with Crippen molar-refractivity contribution in [1.29, 1.82) is 0 Å². The summed E-state index contributed by atoms with van der Waals surface area (Å²) in [5.41, 5.74) is 0.0527. The van der Waals surface area contributed by atoms with Crippen LogP contribution >= 0.6 is 0 Å². The Morgan fingerprint density at radius 2 is 1.56 bits per heavy atom. The van der Waals surface area contributed by atoms with E-state index in [2.05, 4.69) is 6.07 Å². The zero-order chi connectivity index (χ0) is 22.9. The molecule has 0 saturated carbocycles. The van der Waals surface area contributed by atoms with Crippen LogP contribution in [0, 0.1) is 0 Å². The highest BCUT2D eigenvalue weighted by Gasteiger charge is 2.28. The Labute approximate surface area is 188 Å². The molecule has 32 heavy (non-hydrogen) atoms. The monoisotopic (exact) mass is 435 g/mol. The molecule has 0 unspecified atom stereocenters. The number of methoxy groups -OCH3 is 1. The maximum atomic E-state index is 12.3. The molecule has 1 aliphatic heterocycles. The molecular formula is C26H29NO5. The maximum Gasteiger partial charge on any atom is 0.410 e. The third-order valence-electron chi connectivity index (χ3n) is 5.63. The van der Waals surface area contributed by atoms with E-state index in [4.69, 9.17) is 14.2 Å². The second kappa shape index (κ2) is 8.69. The van der Waals surface area contributed by atoms with Crippen molar-refractivity contribution in [2.75, 3.05) is 20.2 Å². The lowest BCUT2D eigenvalue weighted by Crippen LogP contribution is -2.44. The van der Waals surface area contributed by atoms with Crippen LogP contribution in [0.15, 0.2) is 48.5 Å². The van der Waals surface area contributed by atoms with E-state index in [0.717, 1.165) is 40.1 Å². The second-order valence-corrected chi connectivity index (χ2v) is 9.13. The van der Waals surface area contributed by atoms with E-state index in [1.165, 1.54) is 7.11 Å². The molecule has 0 radical (unpaired) electrons. The molecule has 0 aromatic heterocycles. The van der Waals surface area contributed by atoms with Crippen molar-refractivity contribution in [3.8, 4) is 5.75 Å². The first-order chi connectivity index (χ1) is 15.2. The first-order valence-corrected chi connectivity index (χ1v) is 10.9. The third-order valence-corrected chi connectivity index (χ3v) is 5.63. The van der Waals surface area contributed by atoms with Crippen molar-refractivity contribution in [2.24, 2.45) is 0 Å². The van der Waals surface area contributed by atoms with Crippen LogP contribution < -0.4 is 4.74 Å². The molecule has 0 bridgehead atoms.